The summed E-state index contributed by atoms with van der Waals surface area (Å²) in [7, 11) is -3.63. The van der Waals surface area contributed by atoms with Crippen LogP contribution in [0.2, 0.25) is 0 Å². The van der Waals surface area contributed by atoms with Crippen molar-refractivity contribution in [2.75, 3.05) is 39.3 Å². The molecule has 0 spiro atoms. The number of hydrogen-bond donors (Lipinski definition) is 0. The van der Waals surface area contributed by atoms with E-state index in [0.29, 0.717) is 13.1 Å². The first-order chi connectivity index (χ1) is 11.0. The van der Waals surface area contributed by atoms with E-state index in [2.05, 4.69) is 0 Å². The van der Waals surface area contributed by atoms with Gasteiger partial charge in [-0.15, -0.1) is 0 Å². The summed E-state index contributed by atoms with van der Waals surface area (Å²) in [6, 6.07) is 4.82. The van der Waals surface area contributed by atoms with Gasteiger partial charge in [-0.2, -0.15) is 4.31 Å². The van der Waals surface area contributed by atoms with Crippen molar-refractivity contribution in [3.63, 3.8) is 0 Å². The van der Waals surface area contributed by atoms with Crippen LogP contribution in [0.4, 0.5) is 9.18 Å². The normalized spacial score (nSPS) is 20.0. The second-order valence-corrected chi connectivity index (χ2v) is 7.76. The molecular formula is C15H20FN3O3S. The minimum atomic E-state index is -3.63. The minimum absolute atomic E-state index is 0.00123. The van der Waals surface area contributed by atoms with Gasteiger partial charge < -0.3 is 9.80 Å². The molecule has 6 nitrogen and oxygen atoms in total. The predicted molar refractivity (Wildman–Crippen MR) is 82.9 cm³/mol. The summed E-state index contributed by atoms with van der Waals surface area (Å²) in [6.07, 6.45) is 2.06. The largest absolute Gasteiger partial charge is 0.325 e. The highest BCUT2D eigenvalue weighted by Crippen LogP contribution is 2.19. The van der Waals surface area contributed by atoms with E-state index in [4.69, 9.17) is 0 Å². The van der Waals surface area contributed by atoms with Crippen LogP contribution in [0.25, 0.3) is 0 Å². The lowest BCUT2D eigenvalue weighted by atomic mass is 10.3. The van der Waals surface area contributed by atoms with Gasteiger partial charge in [0.25, 0.3) is 0 Å². The van der Waals surface area contributed by atoms with Crippen LogP contribution < -0.4 is 0 Å². The number of benzene rings is 1. The number of halogens is 1. The molecule has 1 aromatic carbocycles. The second-order valence-electron chi connectivity index (χ2n) is 5.82. The molecule has 0 bridgehead atoms. The fourth-order valence-corrected chi connectivity index (χ4v) is 4.41. The lowest BCUT2D eigenvalue weighted by molar-refractivity contribution is 0.142. The Bertz CT molecular complexity index is 664. The zero-order valence-electron chi connectivity index (χ0n) is 12.8. The highest BCUT2D eigenvalue weighted by Gasteiger charge is 2.32. The summed E-state index contributed by atoms with van der Waals surface area (Å²) in [5, 5.41) is 0. The van der Waals surface area contributed by atoms with Gasteiger partial charge in [-0.3, -0.25) is 0 Å². The maximum atomic E-state index is 12.9. The van der Waals surface area contributed by atoms with Gasteiger partial charge in [-0.1, -0.05) is 0 Å². The maximum Gasteiger partial charge on any atom is 0.320 e. The molecule has 2 fully saturated rings. The van der Waals surface area contributed by atoms with Crippen LogP contribution in [0.5, 0.6) is 0 Å². The molecule has 0 radical (unpaired) electrons. The van der Waals surface area contributed by atoms with E-state index >= 15 is 0 Å². The zero-order valence-corrected chi connectivity index (χ0v) is 13.6. The van der Waals surface area contributed by atoms with Gasteiger partial charge in [0.1, 0.15) is 5.82 Å². The Labute approximate surface area is 135 Å². The number of amides is 2. The summed E-state index contributed by atoms with van der Waals surface area (Å²) in [5.41, 5.74) is 0. The first-order valence-corrected chi connectivity index (χ1v) is 9.22. The second kappa shape index (κ2) is 6.45. The third kappa shape index (κ3) is 3.32. The van der Waals surface area contributed by atoms with E-state index < -0.39 is 15.8 Å². The molecule has 2 aliphatic rings. The Morgan fingerprint density at radius 2 is 1.39 bits per heavy atom. The van der Waals surface area contributed by atoms with E-state index in [1.165, 1.54) is 16.4 Å². The molecule has 1 aromatic rings. The van der Waals surface area contributed by atoms with E-state index in [-0.39, 0.29) is 24.0 Å². The van der Waals surface area contributed by atoms with Gasteiger partial charge in [0, 0.05) is 39.3 Å². The first kappa shape index (κ1) is 16.2. The molecule has 126 valence electrons. The van der Waals surface area contributed by atoms with Gasteiger partial charge in [0.05, 0.1) is 4.90 Å². The summed E-state index contributed by atoms with van der Waals surface area (Å²) in [4.78, 5) is 15.9. The topological polar surface area (TPSA) is 60.9 Å². The average Bonchev–Trinajstić information content (AvgIpc) is 3.09. The molecular weight excluding hydrogens is 321 g/mol. The van der Waals surface area contributed by atoms with Gasteiger partial charge in [-0.05, 0) is 37.1 Å². The molecule has 3 rings (SSSR count). The molecule has 0 aromatic heterocycles. The van der Waals surface area contributed by atoms with Gasteiger partial charge in [-0.25, -0.2) is 17.6 Å². The number of likely N-dealkylation sites (tertiary alicyclic amines) is 1. The Balaban J connectivity index is 1.64. The Kier molecular flexibility index (Phi) is 4.54. The number of carbonyl (C=O) groups excluding carboxylic acids is 1. The van der Waals surface area contributed by atoms with Crippen molar-refractivity contribution in [3.05, 3.63) is 30.1 Å². The van der Waals surface area contributed by atoms with Crippen LogP contribution in [0, 0.1) is 5.82 Å². The number of hydrogen-bond acceptors (Lipinski definition) is 3. The SMILES string of the molecule is O=C(N1CCCC1)N1CCN(S(=O)(=O)c2ccc(F)cc2)CC1. The highest BCUT2D eigenvalue weighted by molar-refractivity contribution is 7.89. The molecule has 2 saturated heterocycles. The van der Waals surface area contributed by atoms with Crippen molar-refractivity contribution in [3.8, 4) is 0 Å². The van der Waals surface area contributed by atoms with Crippen molar-refractivity contribution >= 4 is 16.1 Å². The molecule has 0 aliphatic carbocycles. The standard InChI is InChI=1S/C15H20FN3O3S/c16-13-3-5-14(6-4-13)23(21,22)19-11-9-18(10-12-19)15(20)17-7-1-2-8-17/h3-6H,1-2,7-12H2. The van der Waals surface area contributed by atoms with Crippen LogP contribution in [0.15, 0.2) is 29.2 Å². The monoisotopic (exact) mass is 341 g/mol. The predicted octanol–water partition coefficient (Wildman–Crippen LogP) is 1.35. The minimum Gasteiger partial charge on any atom is -0.325 e. The van der Waals surface area contributed by atoms with Crippen LogP contribution in [0.3, 0.4) is 0 Å². The van der Waals surface area contributed by atoms with Crippen molar-refractivity contribution in [1.82, 2.24) is 14.1 Å². The van der Waals surface area contributed by atoms with Gasteiger partial charge in [0.2, 0.25) is 10.0 Å². The molecule has 23 heavy (non-hydrogen) atoms. The molecule has 0 atom stereocenters. The lowest BCUT2D eigenvalue weighted by Gasteiger charge is -2.36. The van der Waals surface area contributed by atoms with Gasteiger partial charge >= 0.3 is 6.03 Å². The van der Waals surface area contributed by atoms with Crippen LogP contribution in [-0.2, 0) is 10.0 Å². The maximum absolute atomic E-state index is 12.9. The first-order valence-electron chi connectivity index (χ1n) is 7.78. The van der Waals surface area contributed by atoms with E-state index in [9.17, 15) is 17.6 Å². The summed E-state index contributed by atoms with van der Waals surface area (Å²) in [5.74, 6) is -0.468. The van der Waals surface area contributed by atoms with Crippen molar-refractivity contribution in [1.29, 1.82) is 0 Å². The highest BCUT2D eigenvalue weighted by atomic mass is 32.2. The van der Waals surface area contributed by atoms with Crippen LogP contribution >= 0.6 is 0 Å². The summed E-state index contributed by atoms with van der Waals surface area (Å²) >= 11 is 0. The number of carbonyl (C=O) groups is 1. The van der Waals surface area contributed by atoms with Crippen molar-refractivity contribution < 1.29 is 17.6 Å². The number of sulfonamides is 1. The molecule has 0 N–H and O–H groups in total. The van der Waals surface area contributed by atoms with Crippen molar-refractivity contribution in [2.24, 2.45) is 0 Å². The number of piperazine rings is 1. The van der Waals surface area contributed by atoms with Crippen molar-refractivity contribution in [2.45, 2.75) is 17.7 Å². The third-order valence-electron chi connectivity index (χ3n) is 4.34. The number of rotatable bonds is 2. The molecule has 0 unspecified atom stereocenters. The summed E-state index contributed by atoms with van der Waals surface area (Å²) < 4.78 is 39.3. The Hall–Kier alpha value is -1.67. The smallest absolute Gasteiger partial charge is 0.320 e. The van der Waals surface area contributed by atoms with E-state index in [1.807, 2.05) is 4.90 Å². The van der Waals surface area contributed by atoms with Crippen LogP contribution in [0.1, 0.15) is 12.8 Å². The fraction of sp³-hybridized carbons (Fsp3) is 0.533. The van der Waals surface area contributed by atoms with Crippen LogP contribution in [-0.4, -0.2) is 67.8 Å². The van der Waals surface area contributed by atoms with E-state index in [1.54, 1.807) is 4.90 Å². The Morgan fingerprint density at radius 1 is 0.870 bits per heavy atom. The van der Waals surface area contributed by atoms with E-state index in [0.717, 1.165) is 38.1 Å². The molecule has 2 aliphatic heterocycles. The molecule has 2 heterocycles. The summed E-state index contributed by atoms with van der Waals surface area (Å²) in [6.45, 7) is 2.87. The molecule has 0 saturated carbocycles. The average molecular weight is 341 g/mol. The lowest BCUT2D eigenvalue weighted by Crippen LogP contribution is -2.53. The quantitative estimate of drug-likeness (QED) is 0.816. The fourth-order valence-electron chi connectivity index (χ4n) is 2.98. The zero-order chi connectivity index (χ0) is 16.4. The Morgan fingerprint density at radius 3 is 1.96 bits per heavy atom. The number of urea groups is 1. The third-order valence-corrected chi connectivity index (χ3v) is 6.25. The molecule has 8 heteroatoms. The molecule has 2 amide bonds. The number of nitrogens with zero attached hydrogens (tertiary/aromatic N) is 3. The van der Waals surface area contributed by atoms with Gasteiger partial charge in [0.15, 0.2) is 0 Å².